The molecule has 0 spiro atoms. The first kappa shape index (κ1) is 24.6. The molecule has 0 aliphatic carbocycles. The van der Waals surface area contributed by atoms with E-state index in [2.05, 4.69) is 11.9 Å². The second kappa shape index (κ2) is 10.7. The average molecular weight is 468 g/mol. The number of rotatable bonds is 10. The summed E-state index contributed by atoms with van der Waals surface area (Å²) in [6, 6.07) is 11.8. The van der Waals surface area contributed by atoms with Crippen LogP contribution in [-0.2, 0) is 22.5 Å². The molecule has 174 valence electrons. The predicted octanol–water partition coefficient (Wildman–Crippen LogP) is 6.40. The molecule has 0 amide bonds. The van der Waals surface area contributed by atoms with Gasteiger partial charge in [-0.2, -0.15) is 0 Å². The van der Waals surface area contributed by atoms with Crippen molar-refractivity contribution in [3.63, 3.8) is 0 Å². The van der Waals surface area contributed by atoms with Crippen molar-refractivity contribution in [1.29, 1.82) is 0 Å². The number of ether oxygens (including phenoxy) is 1. The number of aliphatic carboxylic acids is 1. The summed E-state index contributed by atoms with van der Waals surface area (Å²) < 4.78 is 10.9. The van der Waals surface area contributed by atoms with Crippen LogP contribution in [0.2, 0.25) is 5.02 Å². The van der Waals surface area contributed by atoms with Crippen molar-refractivity contribution in [1.82, 2.24) is 5.32 Å². The van der Waals surface area contributed by atoms with E-state index in [1.807, 2.05) is 64.1 Å². The molecule has 0 fully saturated rings. The highest BCUT2D eigenvalue weighted by atomic mass is 35.5. The lowest BCUT2D eigenvalue weighted by molar-refractivity contribution is -0.153. The first-order valence-corrected chi connectivity index (χ1v) is 11.3. The monoisotopic (exact) mass is 467 g/mol. The Morgan fingerprint density at radius 2 is 1.94 bits per heavy atom. The van der Waals surface area contributed by atoms with E-state index < -0.39 is 12.1 Å². The Morgan fingerprint density at radius 3 is 2.58 bits per heavy atom. The Morgan fingerprint density at radius 1 is 1.18 bits per heavy atom. The van der Waals surface area contributed by atoms with Crippen LogP contribution in [0.5, 0.6) is 0 Å². The maximum absolute atomic E-state index is 11.7. The molecule has 1 atom stereocenters. The Kier molecular flexibility index (Phi) is 8.01. The smallest absolute Gasteiger partial charge is 0.333 e. The summed E-state index contributed by atoms with van der Waals surface area (Å²) in [6.07, 6.45) is 2.54. The number of hydrogen-bond donors (Lipinski definition) is 2. The second-order valence-corrected chi connectivity index (χ2v) is 8.87. The van der Waals surface area contributed by atoms with Gasteiger partial charge in [-0.3, -0.25) is 0 Å². The zero-order valence-corrected chi connectivity index (χ0v) is 20.2. The number of carboxylic acid groups (broad SMARTS) is 1. The van der Waals surface area contributed by atoms with E-state index in [1.54, 1.807) is 12.5 Å². The summed E-state index contributed by atoms with van der Waals surface area (Å²) in [6.45, 7) is 12.4. The van der Waals surface area contributed by atoms with E-state index in [9.17, 15) is 9.90 Å². The fourth-order valence-corrected chi connectivity index (χ4v) is 3.98. The molecule has 2 N–H and O–H groups in total. The summed E-state index contributed by atoms with van der Waals surface area (Å²) in [5.41, 5.74) is 7.69. The third-order valence-corrected chi connectivity index (χ3v) is 5.86. The van der Waals surface area contributed by atoms with Gasteiger partial charge in [0.2, 0.25) is 0 Å². The summed E-state index contributed by atoms with van der Waals surface area (Å²) in [5.74, 6) is -0.968. The summed E-state index contributed by atoms with van der Waals surface area (Å²) >= 11 is 6.24. The van der Waals surface area contributed by atoms with E-state index >= 15 is 0 Å². The fraction of sp³-hybridized carbons (Fsp3) is 0.296. The van der Waals surface area contributed by atoms with Crippen molar-refractivity contribution in [2.75, 3.05) is 0 Å². The van der Waals surface area contributed by atoms with Gasteiger partial charge in [0.1, 0.15) is 0 Å². The Labute approximate surface area is 200 Å². The van der Waals surface area contributed by atoms with E-state index in [4.69, 9.17) is 20.8 Å². The molecule has 0 saturated carbocycles. The van der Waals surface area contributed by atoms with Gasteiger partial charge in [0, 0.05) is 34.8 Å². The van der Waals surface area contributed by atoms with Gasteiger partial charge in [-0.05, 0) is 73.7 Å². The quantitative estimate of drug-likeness (QED) is 0.361. The third kappa shape index (κ3) is 6.28. The molecule has 1 aromatic heterocycles. The normalized spacial score (nSPS) is 12.1. The topological polar surface area (TPSA) is 71.7 Å². The molecule has 0 bridgehead atoms. The van der Waals surface area contributed by atoms with Crippen LogP contribution in [0, 0.1) is 13.8 Å². The lowest BCUT2D eigenvalue weighted by Crippen LogP contribution is -2.29. The van der Waals surface area contributed by atoms with Crippen molar-refractivity contribution in [3.8, 4) is 11.1 Å². The molecule has 0 radical (unpaired) electrons. The standard InChI is InChI=1S/C27H30ClNO4/c1-16(2)33-26(27(30)31)13-20-6-7-23(21-8-9-32-15-21)22(12-20)14-29-19(5)24-10-18(4)25(28)11-17(24)3/h6-12,15-16,26,29H,5,13-14H2,1-4H3,(H,30,31). The third-order valence-electron chi connectivity index (χ3n) is 5.46. The Bertz CT molecular complexity index is 1140. The van der Waals surface area contributed by atoms with Gasteiger partial charge in [0.15, 0.2) is 6.10 Å². The first-order valence-electron chi connectivity index (χ1n) is 10.9. The number of nitrogens with one attached hydrogen (secondary N) is 1. The minimum absolute atomic E-state index is 0.174. The van der Waals surface area contributed by atoms with Crippen LogP contribution < -0.4 is 5.32 Å². The van der Waals surface area contributed by atoms with Crippen LogP contribution in [0.4, 0.5) is 0 Å². The van der Waals surface area contributed by atoms with E-state index in [0.29, 0.717) is 6.54 Å². The number of halogens is 1. The molecule has 6 heteroatoms. The number of carboxylic acids is 1. The number of carbonyl (C=O) groups is 1. The molecule has 33 heavy (non-hydrogen) atoms. The maximum Gasteiger partial charge on any atom is 0.333 e. The summed E-state index contributed by atoms with van der Waals surface area (Å²) in [4.78, 5) is 11.7. The van der Waals surface area contributed by atoms with Gasteiger partial charge in [-0.25, -0.2) is 4.79 Å². The minimum atomic E-state index is -0.968. The SMILES string of the molecule is C=C(NCc1cc(CC(OC(C)C)C(=O)O)ccc1-c1ccoc1)c1cc(C)c(Cl)cc1C. The zero-order chi connectivity index (χ0) is 24.1. The zero-order valence-electron chi connectivity index (χ0n) is 19.4. The van der Waals surface area contributed by atoms with Gasteiger partial charge in [0.05, 0.1) is 18.6 Å². The fourth-order valence-electron chi connectivity index (χ4n) is 3.76. The Balaban J connectivity index is 1.87. The molecular weight excluding hydrogens is 438 g/mol. The molecule has 0 aliphatic heterocycles. The van der Waals surface area contributed by atoms with Crippen molar-refractivity contribution >= 4 is 23.3 Å². The highest BCUT2D eigenvalue weighted by Gasteiger charge is 2.21. The van der Waals surface area contributed by atoms with Gasteiger partial charge < -0.3 is 19.6 Å². The number of benzene rings is 2. The van der Waals surface area contributed by atoms with Crippen LogP contribution in [0.3, 0.4) is 0 Å². The molecule has 3 rings (SSSR count). The highest BCUT2D eigenvalue weighted by Crippen LogP contribution is 2.28. The van der Waals surface area contributed by atoms with E-state index in [-0.39, 0.29) is 12.5 Å². The Hall–Kier alpha value is -3.02. The largest absolute Gasteiger partial charge is 0.479 e. The molecule has 1 unspecified atom stereocenters. The van der Waals surface area contributed by atoms with Crippen molar-refractivity contribution in [3.05, 3.63) is 88.3 Å². The summed E-state index contributed by atoms with van der Waals surface area (Å²) in [7, 11) is 0. The molecule has 5 nitrogen and oxygen atoms in total. The van der Waals surface area contributed by atoms with Crippen molar-refractivity contribution in [2.24, 2.45) is 0 Å². The molecule has 3 aromatic rings. The molecule has 0 saturated heterocycles. The van der Waals surface area contributed by atoms with Crippen LogP contribution >= 0.6 is 11.6 Å². The number of furan rings is 1. The van der Waals surface area contributed by atoms with Crippen LogP contribution in [0.25, 0.3) is 16.8 Å². The van der Waals surface area contributed by atoms with Crippen molar-refractivity contribution < 1.29 is 19.1 Å². The van der Waals surface area contributed by atoms with Crippen LogP contribution in [0.15, 0.2) is 59.9 Å². The van der Waals surface area contributed by atoms with Crippen LogP contribution in [0.1, 0.15) is 41.7 Å². The molecule has 0 aliphatic rings. The molecule has 2 aromatic carbocycles. The van der Waals surface area contributed by atoms with E-state index in [0.717, 1.165) is 49.7 Å². The van der Waals surface area contributed by atoms with Gasteiger partial charge in [-0.1, -0.05) is 36.4 Å². The van der Waals surface area contributed by atoms with Crippen LogP contribution in [-0.4, -0.2) is 23.3 Å². The molecular formula is C27H30ClNO4. The minimum Gasteiger partial charge on any atom is -0.479 e. The highest BCUT2D eigenvalue weighted by molar-refractivity contribution is 6.31. The number of aryl methyl sites for hydroxylation is 2. The lowest BCUT2D eigenvalue weighted by atomic mass is 9.96. The van der Waals surface area contributed by atoms with E-state index in [1.165, 1.54) is 0 Å². The van der Waals surface area contributed by atoms with Gasteiger partial charge >= 0.3 is 5.97 Å². The van der Waals surface area contributed by atoms with Gasteiger partial charge in [-0.15, -0.1) is 0 Å². The number of hydrogen-bond acceptors (Lipinski definition) is 4. The first-order chi connectivity index (χ1) is 15.7. The van der Waals surface area contributed by atoms with Crippen molar-refractivity contribution in [2.45, 2.75) is 52.9 Å². The lowest BCUT2D eigenvalue weighted by Gasteiger charge is -2.19. The maximum atomic E-state index is 11.7. The second-order valence-electron chi connectivity index (χ2n) is 8.47. The summed E-state index contributed by atoms with van der Waals surface area (Å²) in [5, 5.41) is 13.7. The average Bonchev–Trinajstić information content (AvgIpc) is 3.28. The van der Waals surface area contributed by atoms with Gasteiger partial charge in [0.25, 0.3) is 0 Å². The predicted molar refractivity (Wildman–Crippen MR) is 132 cm³/mol. The molecule has 1 heterocycles.